The second-order valence-electron chi connectivity index (χ2n) is 5.57. The van der Waals surface area contributed by atoms with E-state index in [0.717, 1.165) is 12.1 Å². The van der Waals surface area contributed by atoms with Crippen molar-refractivity contribution in [1.29, 1.82) is 0 Å². The highest BCUT2D eigenvalue weighted by Gasteiger charge is 2.20. The van der Waals surface area contributed by atoms with Crippen molar-refractivity contribution in [3.05, 3.63) is 53.3 Å². The third-order valence-electron chi connectivity index (χ3n) is 3.52. The maximum absolute atomic E-state index is 13.8. The van der Waals surface area contributed by atoms with E-state index in [1.54, 1.807) is 0 Å². The normalized spacial score (nSPS) is 11.2. The number of ether oxygens (including phenoxy) is 1. The highest BCUT2D eigenvalue weighted by atomic mass is 35.5. The number of carbonyl (C=O) groups excluding carboxylic acids is 1. The topological polar surface area (TPSA) is 84.5 Å². The minimum absolute atomic E-state index is 0.0841. The van der Waals surface area contributed by atoms with Crippen molar-refractivity contribution in [2.24, 2.45) is 0 Å². The zero-order valence-corrected chi connectivity index (χ0v) is 16.2. The third-order valence-corrected chi connectivity index (χ3v) is 5.16. The van der Waals surface area contributed by atoms with Crippen LogP contribution in [0.3, 0.4) is 0 Å². The molecule has 0 aliphatic carbocycles. The maximum Gasteiger partial charge on any atom is 0.264 e. The Kier molecular flexibility index (Phi) is 7.58. The lowest BCUT2D eigenvalue weighted by Gasteiger charge is -2.14. The summed E-state index contributed by atoms with van der Waals surface area (Å²) in [6.45, 7) is 2.88. The van der Waals surface area contributed by atoms with Crippen LogP contribution in [-0.4, -0.2) is 27.5 Å². The third kappa shape index (κ3) is 6.20. The van der Waals surface area contributed by atoms with E-state index >= 15 is 0 Å². The molecule has 0 bridgehead atoms. The van der Waals surface area contributed by atoms with Gasteiger partial charge in [-0.05, 0) is 43.7 Å². The summed E-state index contributed by atoms with van der Waals surface area (Å²) in [5.41, 5.74) is 0.268. The average molecular weight is 415 g/mol. The number of sulfonamides is 1. The molecule has 0 radical (unpaired) electrons. The molecular weight excluding hydrogens is 395 g/mol. The summed E-state index contributed by atoms with van der Waals surface area (Å²) >= 11 is 5.95. The van der Waals surface area contributed by atoms with Crippen molar-refractivity contribution in [3.63, 3.8) is 0 Å². The molecule has 0 saturated carbocycles. The first-order chi connectivity index (χ1) is 12.8. The number of rotatable bonds is 9. The van der Waals surface area contributed by atoms with Gasteiger partial charge in [-0.3, -0.25) is 9.52 Å². The van der Waals surface area contributed by atoms with Gasteiger partial charge in [-0.15, -0.1) is 0 Å². The highest BCUT2D eigenvalue weighted by Crippen LogP contribution is 2.28. The van der Waals surface area contributed by atoms with E-state index in [0.29, 0.717) is 24.7 Å². The fourth-order valence-corrected chi connectivity index (χ4v) is 3.60. The summed E-state index contributed by atoms with van der Waals surface area (Å²) < 4.78 is 46.3. The number of hydrogen-bond donors (Lipinski definition) is 2. The average Bonchev–Trinajstić information content (AvgIpc) is 2.61. The van der Waals surface area contributed by atoms with Crippen LogP contribution in [0.2, 0.25) is 5.02 Å². The van der Waals surface area contributed by atoms with Crippen molar-refractivity contribution >= 4 is 38.9 Å². The molecule has 6 nitrogen and oxygen atoms in total. The highest BCUT2D eigenvalue weighted by molar-refractivity contribution is 7.92. The van der Waals surface area contributed by atoms with Gasteiger partial charge in [0, 0.05) is 24.7 Å². The van der Waals surface area contributed by atoms with Gasteiger partial charge in [0.1, 0.15) is 10.7 Å². The molecule has 0 aliphatic heterocycles. The van der Waals surface area contributed by atoms with E-state index in [1.807, 2.05) is 6.92 Å². The van der Waals surface area contributed by atoms with Crippen LogP contribution < -0.4 is 10.0 Å². The van der Waals surface area contributed by atoms with Crippen LogP contribution in [0.4, 0.5) is 15.8 Å². The van der Waals surface area contributed by atoms with E-state index < -0.39 is 20.7 Å². The van der Waals surface area contributed by atoms with Crippen LogP contribution >= 0.6 is 11.6 Å². The number of halogens is 2. The van der Waals surface area contributed by atoms with Crippen LogP contribution in [-0.2, 0) is 19.6 Å². The maximum atomic E-state index is 13.8. The largest absolute Gasteiger partial charge is 0.382 e. The van der Waals surface area contributed by atoms with Crippen LogP contribution in [0.5, 0.6) is 0 Å². The minimum Gasteiger partial charge on any atom is -0.382 e. The summed E-state index contributed by atoms with van der Waals surface area (Å²) in [6.07, 6.45) is 0.725. The van der Waals surface area contributed by atoms with Crippen LogP contribution in [0, 0.1) is 5.82 Å². The van der Waals surface area contributed by atoms with Gasteiger partial charge in [0.05, 0.1) is 11.4 Å². The van der Waals surface area contributed by atoms with E-state index in [4.69, 9.17) is 16.3 Å². The number of benzene rings is 2. The van der Waals surface area contributed by atoms with Gasteiger partial charge in [-0.1, -0.05) is 23.7 Å². The Balaban J connectivity index is 2.18. The Labute approximate surface area is 162 Å². The second kappa shape index (κ2) is 9.68. The van der Waals surface area contributed by atoms with Crippen molar-refractivity contribution in [2.75, 3.05) is 23.3 Å². The van der Waals surface area contributed by atoms with Gasteiger partial charge in [-0.25, -0.2) is 12.8 Å². The first kappa shape index (κ1) is 21.1. The molecule has 0 heterocycles. The monoisotopic (exact) mass is 414 g/mol. The molecule has 2 N–H and O–H groups in total. The van der Waals surface area contributed by atoms with E-state index in [2.05, 4.69) is 10.0 Å². The van der Waals surface area contributed by atoms with Crippen LogP contribution in [0.15, 0.2) is 47.4 Å². The molecule has 0 spiro atoms. The van der Waals surface area contributed by atoms with E-state index in [1.165, 1.54) is 30.3 Å². The number of anilines is 2. The zero-order chi connectivity index (χ0) is 19.9. The second-order valence-corrected chi connectivity index (χ2v) is 7.66. The number of nitrogens with one attached hydrogen (secondary N) is 2. The molecular formula is C18H20ClFN2O4S. The summed E-state index contributed by atoms with van der Waals surface area (Å²) in [7, 11) is -4.18. The standard InChI is InChI=1S/C18H20ClFN2O4S/c1-2-26-11-5-8-18(23)21-16-12-13(19)9-10-15(16)22-27(24,25)17-7-4-3-6-14(17)20/h3-4,6-7,9-10,12,22H,2,5,8,11H2,1H3,(H,21,23). The van der Waals surface area contributed by atoms with Gasteiger partial charge < -0.3 is 10.1 Å². The molecule has 0 aliphatic rings. The Bertz CT molecular complexity index is 906. The molecule has 9 heteroatoms. The van der Waals surface area contributed by atoms with Gasteiger partial charge in [0.15, 0.2) is 0 Å². The fourth-order valence-electron chi connectivity index (χ4n) is 2.26. The van der Waals surface area contributed by atoms with Crippen molar-refractivity contribution in [1.82, 2.24) is 0 Å². The van der Waals surface area contributed by atoms with Crippen LogP contribution in [0.1, 0.15) is 19.8 Å². The van der Waals surface area contributed by atoms with Gasteiger partial charge in [-0.2, -0.15) is 0 Å². The lowest BCUT2D eigenvalue weighted by Crippen LogP contribution is -2.18. The zero-order valence-electron chi connectivity index (χ0n) is 14.7. The summed E-state index contributed by atoms with van der Waals surface area (Å²) in [6, 6.07) is 9.30. The van der Waals surface area contributed by atoms with Gasteiger partial charge in [0.2, 0.25) is 5.91 Å². The molecule has 27 heavy (non-hydrogen) atoms. The summed E-state index contributed by atoms with van der Waals surface area (Å²) in [5, 5.41) is 2.93. The Morgan fingerprint density at radius 3 is 2.63 bits per heavy atom. The number of carbonyl (C=O) groups is 1. The lowest BCUT2D eigenvalue weighted by atomic mass is 10.2. The lowest BCUT2D eigenvalue weighted by molar-refractivity contribution is -0.116. The van der Waals surface area contributed by atoms with Crippen molar-refractivity contribution in [2.45, 2.75) is 24.7 Å². The summed E-state index contributed by atoms with van der Waals surface area (Å²) in [4.78, 5) is 11.6. The molecule has 0 unspecified atom stereocenters. The molecule has 0 aromatic heterocycles. The molecule has 0 fully saturated rings. The number of hydrogen-bond acceptors (Lipinski definition) is 4. The molecule has 146 valence electrons. The molecule has 2 rings (SSSR count). The smallest absolute Gasteiger partial charge is 0.264 e. The predicted octanol–water partition coefficient (Wildman–Crippen LogP) is 4.04. The molecule has 2 aromatic rings. The first-order valence-electron chi connectivity index (χ1n) is 8.28. The fraction of sp³-hybridized carbons (Fsp3) is 0.278. The van der Waals surface area contributed by atoms with Crippen molar-refractivity contribution < 1.29 is 22.3 Å². The van der Waals surface area contributed by atoms with E-state index in [-0.39, 0.29) is 23.7 Å². The Hall–Kier alpha value is -2.16. The summed E-state index contributed by atoms with van der Waals surface area (Å²) in [5.74, 6) is -1.19. The molecule has 1 amide bonds. The predicted molar refractivity (Wildman–Crippen MR) is 103 cm³/mol. The van der Waals surface area contributed by atoms with Gasteiger partial charge in [0.25, 0.3) is 10.0 Å². The Morgan fingerprint density at radius 2 is 1.93 bits per heavy atom. The van der Waals surface area contributed by atoms with E-state index in [9.17, 15) is 17.6 Å². The van der Waals surface area contributed by atoms with Crippen LogP contribution in [0.25, 0.3) is 0 Å². The Morgan fingerprint density at radius 1 is 1.19 bits per heavy atom. The molecule has 0 atom stereocenters. The quantitative estimate of drug-likeness (QED) is 0.606. The molecule has 0 saturated heterocycles. The SMILES string of the molecule is CCOCCCC(=O)Nc1cc(Cl)ccc1NS(=O)(=O)c1ccccc1F. The first-order valence-corrected chi connectivity index (χ1v) is 10.1. The minimum atomic E-state index is -4.18. The molecule has 2 aromatic carbocycles. The van der Waals surface area contributed by atoms with Gasteiger partial charge >= 0.3 is 0 Å². The van der Waals surface area contributed by atoms with Crippen molar-refractivity contribution in [3.8, 4) is 0 Å². The number of amides is 1.